The third-order valence-corrected chi connectivity index (χ3v) is 5.85. The topological polar surface area (TPSA) is 51.2 Å². The number of nitrogens with zero attached hydrogens (tertiary/aromatic N) is 1. The lowest BCUT2D eigenvalue weighted by molar-refractivity contribution is -0.113. The first-order chi connectivity index (χ1) is 12.5. The third kappa shape index (κ3) is 4.78. The maximum Gasteiger partial charge on any atom is 0.234 e. The Morgan fingerprint density at radius 1 is 1.27 bits per heavy atom. The normalized spacial score (nSPS) is 10.6. The highest BCUT2D eigenvalue weighted by Crippen LogP contribution is 2.30. The summed E-state index contributed by atoms with van der Waals surface area (Å²) in [5.41, 5.74) is 3.78. The second kappa shape index (κ2) is 8.58. The van der Waals surface area contributed by atoms with Gasteiger partial charge in [0.05, 0.1) is 24.2 Å². The number of amides is 1. The fourth-order valence-electron chi connectivity index (χ4n) is 2.27. The van der Waals surface area contributed by atoms with E-state index in [9.17, 15) is 4.79 Å². The van der Waals surface area contributed by atoms with Crippen LogP contribution in [0.25, 0.3) is 11.3 Å². The van der Waals surface area contributed by atoms with Gasteiger partial charge in [-0.1, -0.05) is 53.2 Å². The molecule has 1 N–H and O–H groups in total. The van der Waals surface area contributed by atoms with Crippen LogP contribution >= 0.6 is 34.7 Å². The van der Waals surface area contributed by atoms with Gasteiger partial charge >= 0.3 is 0 Å². The summed E-state index contributed by atoms with van der Waals surface area (Å²) in [4.78, 5) is 16.8. The van der Waals surface area contributed by atoms with Crippen LogP contribution in [0, 0.1) is 6.92 Å². The molecule has 1 aromatic heterocycles. The number of carbonyl (C=O) groups excluding carboxylic acids is 1. The van der Waals surface area contributed by atoms with Crippen molar-refractivity contribution in [1.82, 2.24) is 4.98 Å². The molecule has 0 saturated carbocycles. The van der Waals surface area contributed by atoms with Crippen molar-refractivity contribution in [3.8, 4) is 17.0 Å². The summed E-state index contributed by atoms with van der Waals surface area (Å²) < 4.78 is 6.09. The predicted octanol–water partition coefficient (Wildman–Crippen LogP) is 5.51. The first kappa shape index (κ1) is 18.8. The number of benzene rings is 2. The number of thioether (sulfide) groups is 1. The van der Waals surface area contributed by atoms with Gasteiger partial charge in [0.1, 0.15) is 5.75 Å². The highest BCUT2D eigenvalue weighted by atomic mass is 35.5. The van der Waals surface area contributed by atoms with Crippen LogP contribution in [0.5, 0.6) is 5.75 Å². The van der Waals surface area contributed by atoms with Crippen LogP contribution in [-0.2, 0) is 4.79 Å². The van der Waals surface area contributed by atoms with Crippen molar-refractivity contribution in [1.29, 1.82) is 0 Å². The molecular formula is C19H17ClN2O2S2. The average Bonchev–Trinajstić information content (AvgIpc) is 3.10. The van der Waals surface area contributed by atoms with Gasteiger partial charge in [-0.05, 0) is 25.1 Å². The van der Waals surface area contributed by atoms with E-state index < -0.39 is 0 Å². The van der Waals surface area contributed by atoms with Crippen molar-refractivity contribution in [3.05, 3.63) is 58.4 Å². The van der Waals surface area contributed by atoms with Crippen molar-refractivity contribution in [2.24, 2.45) is 0 Å². The van der Waals surface area contributed by atoms with E-state index in [1.165, 1.54) is 28.7 Å². The van der Waals surface area contributed by atoms with Crippen molar-refractivity contribution in [2.45, 2.75) is 11.3 Å². The largest absolute Gasteiger partial charge is 0.495 e. The highest BCUT2D eigenvalue weighted by Gasteiger charge is 2.11. The van der Waals surface area contributed by atoms with E-state index >= 15 is 0 Å². The number of methoxy groups -OCH3 is 1. The van der Waals surface area contributed by atoms with Gasteiger partial charge in [0.15, 0.2) is 4.34 Å². The van der Waals surface area contributed by atoms with Crippen LogP contribution in [0.1, 0.15) is 5.56 Å². The molecule has 0 bridgehead atoms. The number of nitrogens with one attached hydrogen (secondary N) is 1. The minimum Gasteiger partial charge on any atom is -0.495 e. The Hall–Kier alpha value is -2.02. The second-order valence-corrected chi connectivity index (χ2v) is 8.06. The molecule has 0 unspecified atom stereocenters. The van der Waals surface area contributed by atoms with Gasteiger partial charge in [0, 0.05) is 16.0 Å². The summed E-state index contributed by atoms with van der Waals surface area (Å²) in [6, 6.07) is 13.3. The van der Waals surface area contributed by atoms with Crippen LogP contribution < -0.4 is 10.1 Å². The van der Waals surface area contributed by atoms with E-state index in [1.54, 1.807) is 25.3 Å². The number of halogens is 1. The summed E-state index contributed by atoms with van der Waals surface area (Å²) >= 11 is 8.92. The van der Waals surface area contributed by atoms with Crippen LogP contribution in [0.15, 0.2) is 52.2 Å². The quantitative estimate of drug-likeness (QED) is 0.550. The molecule has 3 aromatic rings. The van der Waals surface area contributed by atoms with Gasteiger partial charge in [0.25, 0.3) is 0 Å². The minimum atomic E-state index is -0.136. The maximum atomic E-state index is 12.2. The lowest BCUT2D eigenvalue weighted by atomic mass is 10.1. The molecule has 0 fully saturated rings. The Balaban J connectivity index is 1.60. The third-order valence-electron chi connectivity index (χ3n) is 3.59. The maximum absolute atomic E-state index is 12.2. The van der Waals surface area contributed by atoms with E-state index in [1.807, 2.05) is 5.38 Å². The van der Waals surface area contributed by atoms with E-state index in [0.29, 0.717) is 16.5 Å². The molecule has 3 rings (SSSR count). The van der Waals surface area contributed by atoms with Crippen LogP contribution in [-0.4, -0.2) is 23.8 Å². The Labute approximate surface area is 165 Å². The number of aryl methyl sites for hydroxylation is 1. The Kier molecular flexibility index (Phi) is 6.19. The summed E-state index contributed by atoms with van der Waals surface area (Å²) in [5.74, 6) is 0.697. The molecule has 0 atom stereocenters. The van der Waals surface area contributed by atoms with Crippen molar-refractivity contribution in [3.63, 3.8) is 0 Å². The Morgan fingerprint density at radius 2 is 2.04 bits per heavy atom. The van der Waals surface area contributed by atoms with Gasteiger partial charge in [-0.25, -0.2) is 4.98 Å². The molecule has 134 valence electrons. The molecule has 0 aliphatic rings. The zero-order valence-corrected chi connectivity index (χ0v) is 16.7. The molecular weight excluding hydrogens is 388 g/mol. The number of anilines is 1. The minimum absolute atomic E-state index is 0.136. The van der Waals surface area contributed by atoms with Crippen molar-refractivity contribution in [2.75, 3.05) is 18.2 Å². The van der Waals surface area contributed by atoms with Crippen molar-refractivity contribution >= 4 is 46.3 Å². The fraction of sp³-hybridized carbons (Fsp3) is 0.158. The lowest BCUT2D eigenvalue weighted by Crippen LogP contribution is -2.14. The van der Waals surface area contributed by atoms with Crippen LogP contribution in [0.2, 0.25) is 5.02 Å². The SMILES string of the molecule is COc1ccc(Cl)cc1NC(=O)CSc1nc(-c2ccc(C)cc2)cs1. The molecule has 1 amide bonds. The molecule has 1 heterocycles. The van der Waals surface area contributed by atoms with Gasteiger partial charge in [-0.2, -0.15) is 0 Å². The van der Waals surface area contributed by atoms with E-state index in [4.69, 9.17) is 16.3 Å². The molecule has 7 heteroatoms. The van der Waals surface area contributed by atoms with Crippen LogP contribution in [0.4, 0.5) is 5.69 Å². The van der Waals surface area contributed by atoms with Crippen molar-refractivity contribution < 1.29 is 9.53 Å². The molecule has 0 saturated heterocycles. The lowest BCUT2D eigenvalue weighted by Gasteiger charge is -2.10. The van der Waals surface area contributed by atoms with Gasteiger partial charge in [-0.15, -0.1) is 11.3 Å². The fourth-order valence-corrected chi connectivity index (χ4v) is 4.08. The van der Waals surface area contributed by atoms with E-state index in [-0.39, 0.29) is 11.7 Å². The summed E-state index contributed by atoms with van der Waals surface area (Å²) in [6.07, 6.45) is 0. The number of ether oxygens (including phenoxy) is 1. The number of thiazole rings is 1. The Morgan fingerprint density at radius 3 is 2.77 bits per heavy atom. The first-order valence-electron chi connectivity index (χ1n) is 7.84. The van der Waals surface area contributed by atoms with E-state index in [0.717, 1.165) is 15.6 Å². The summed E-state index contributed by atoms with van der Waals surface area (Å²) in [5, 5.41) is 5.37. The highest BCUT2D eigenvalue weighted by molar-refractivity contribution is 8.01. The molecule has 0 aliphatic carbocycles. The smallest absolute Gasteiger partial charge is 0.234 e. The molecule has 4 nitrogen and oxygen atoms in total. The molecule has 2 aromatic carbocycles. The standard InChI is InChI=1S/C19H17ClN2O2S2/c1-12-3-5-13(6-4-12)16-10-25-19(22-16)26-11-18(23)21-15-9-14(20)7-8-17(15)24-2/h3-10H,11H2,1-2H3,(H,21,23). The zero-order valence-electron chi connectivity index (χ0n) is 14.3. The summed E-state index contributed by atoms with van der Waals surface area (Å²) in [6.45, 7) is 2.06. The summed E-state index contributed by atoms with van der Waals surface area (Å²) in [7, 11) is 1.55. The molecule has 0 aliphatic heterocycles. The monoisotopic (exact) mass is 404 g/mol. The molecule has 0 radical (unpaired) electrons. The van der Waals surface area contributed by atoms with Gasteiger partial charge in [-0.3, -0.25) is 4.79 Å². The average molecular weight is 405 g/mol. The zero-order chi connectivity index (χ0) is 18.5. The predicted molar refractivity (Wildman–Crippen MR) is 110 cm³/mol. The molecule has 26 heavy (non-hydrogen) atoms. The van der Waals surface area contributed by atoms with E-state index in [2.05, 4.69) is 41.5 Å². The second-order valence-electron chi connectivity index (χ2n) is 5.55. The number of carbonyl (C=O) groups is 1. The molecule has 0 spiro atoms. The number of hydrogen-bond acceptors (Lipinski definition) is 5. The van der Waals surface area contributed by atoms with Crippen LogP contribution in [0.3, 0.4) is 0 Å². The number of rotatable bonds is 6. The first-order valence-corrected chi connectivity index (χ1v) is 10.1. The van der Waals surface area contributed by atoms with Gasteiger partial charge in [0.2, 0.25) is 5.91 Å². The number of hydrogen-bond donors (Lipinski definition) is 1. The van der Waals surface area contributed by atoms with Gasteiger partial charge < -0.3 is 10.1 Å². The number of aromatic nitrogens is 1. The Bertz CT molecular complexity index is 910.